The fourth-order valence-corrected chi connectivity index (χ4v) is 0.515. The summed E-state index contributed by atoms with van der Waals surface area (Å²) in [5.74, 6) is -2.61. The van der Waals surface area contributed by atoms with Crippen LogP contribution in [-0.2, 0) is 14.3 Å². The number of esters is 2. The zero-order valence-corrected chi connectivity index (χ0v) is 4.43. The minimum absolute atomic E-state index is 0.932. The monoisotopic (exact) mass is 134 g/mol. The fraction of sp³-hybridized carbons (Fsp3) is 0.667. The van der Waals surface area contributed by atoms with Gasteiger partial charge < -0.3 is 4.74 Å². The van der Waals surface area contributed by atoms with E-state index in [4.69, 9.17) is 8.22 Å². The van der Waals surface area contributed by atoms with Crippen molar-refractivity contribution in [2.45, 2.75) is 20.1 Å². The Balaban J connectivity index is 3.33. The Kier molecular flexibility index (Phi) is 0.360. The molecule has 0 unspecified atom stereocenters. The van der Waals surface area contributed by atoms with Crippen LogP contribution in [0.2, 0.25) is 0 Å². The minimum atomic E-state index is -3.10. The summed E-state index contributed by atoms with van der Waals surface area (Å²) in [6.07, 6.45) is -0.932. The maximum Gasteiger partial charge on any atom is 0.319 e. The van der Waals surface area contributed by atoms with E-state index in [1.165, 1.54) is 0 Å². The SMILES string of the molecule is [2H]C([2H])([2H])C1(C([2H])([2H])[2H])CC(=O)OC1=O. The van der Waals surface area contributed by atoms with Gasteiger partial charge in [-0.3, -0.25) is 9.59 Å². The molecule has 0 aromatic rings. The number of hydrogen-bond acceptors (Lipinski definition) is 3. The first kappa shape index (κ1) is 2.08. The van der Waals surface area contributed by atoms with E-state index in [1.54, 1.807) is 0 Å². The lowest BCUT2D eigenvalue weighted by molar-refractivity contribution is -0.154. The standard InChI is InChI=1S/C6H8O3/c1-6(2)3-4(7)9-5(6)8/h3H2,1-2H3/i1D3,2D3. The summed E-state index contributed by atoms with van der Waals surface area (Å²) in [7, 11) is 0. The molecule has 1 aliphatic heterocycles. The molecule has 0 amide bonds. The molecule has 0 aliphatic carbocycles. The van der Waals surface area contributed by atoms with Crippen LogP contribution in [0.3, 0.4) is 0 Å². The molecule has 1 heterocycles. The first-order valence-corrected chi connectivity index (χ1v) is 2.27. The molecule has 50 valence electrons. The quantitative estimate of drug-likeness (QED) is 0.357. The Labute approximate surface area is 61.4 Å². The van der Waals surface area contributed by atoms with Gasteiger partial charge in [0.1, 0.15) is 0 Å². The molecule has 1 rings (SSSR count). The van der Waals surface area contributed by atoms with Crippen LogP contribution in [0.25, 0.3) is 0 Å². The van der Waals surface area contributed by atoms with E-state index in [9.17, 15) is 9.59 Å². The molecular formula is C6H8O3. The van der Waals surface area contributed by atoms with E-state index in [0.717, 1.165) is 0 Å². The second-order valence-electron chi connectivity index (χ2n) is 1.84. The van der Waals surface area contributed by atoms with E-state index in [1.807, 2.05) is 0 Å². The van der Waals surface area contributed by atoms with Gasteiger partial charge >= 0.3 is 11.9 Å². The van der Waals surface area contributed by atoms with Crippen molar-refractivity contribution in [3.05, 3.63) is 0 Å². The molecule has 9 heavy (non-hydrogen) atoms. The highest BCUT2D eigenvalue weighted by atomic mass is 16.6. The van der Waals surface area contributed by atoms with Gasteiger partial charge in [-0.2, -0.15) is 0 Å². The van der Waals surface area contributed by atoms with E-state index in [0.29, 0.717) is 0 Å². The molecule has 0 radical (unpaired) electrons. The predicted molar refractivity (Wildman–Crippen MR) is 29.5 cm³/mol. The average molecular weight is 134 g/mol. The molecule has 3 nitrogen and oxygen atoms in total. The van der Waals surface area contributed by atoms with Crippen LogP contribution in [0.1, 0.15) is 28.3 Å². The van der Waals surface area contributed by atoms with Gasteiger partial charge in [0.05, 0.1) is 11.8 Å². The Morgan fingerprint density at radius 1 is 1.67 bits per heavy atom. The summed E-state index contributed by atoms with van der Waals surface area (Å²) in [6, 6.07) is 0. The maximum absolute atomic E-state index is 11.2. The van der Waals surface area contributed by atoms with Crippen molar-refractivity contribution >= 4 is 11.9 Å². The number of ether oxygens (including phenoxy) is 1. The highest BCUT2D eigenvalue weighted by Crippen LogP contribution is 2.28. The third-order valence-electron chi connectivity index (χ3n) is 0.964. The van der Waals surface area contributed by atoms with Gasteiger partial charge in [-0.15, -0.1) is 0 Å². The number of hydrogen-bond donors (Lipinski definition) is 0. The Morgan fingerprint density at radius 3 is 2.56 bits per heavy atom. The van der Waals surface area contributed by atoms with E-state index >= 15 is 0 Å². The summed E-state index contributed by atoms with van der Waals surface area (Å²) in [5.41, 5.74) is -2.71. The zero-order chi connectivity index (χ0) is 12.1. The highest BCUT2D eigenvalue weighted by molar-refractivity contribution is 5.96. The van der Waals surface area contributed by atoms with Gasteiger partial charge in [-0.25, -0.2) is 0 Å². The molecule has 0 bridgehead atoms. The van der Waals surface area contributed by atoms with E-state index in [2.05, 4.69) is 4.74 Å². The third kappa shape index (κ3) is 0.943. The van der Waals surface area contributed by atoms with Gasteiger partial charge in [-0.1, -0.05) is 0 Å². The molecule has 0 spiro atoms. The minimum Gasteiger partial charge on any atom is -0.393 e. The molecule has 0 aromatic carbocycles. The van der Waals surface area contributed by atoms with E-state index in [-0.39, 0.29) is 0 Å². The highest BCUT2D eigenvalue weighted by Gasteiger charge is 2.40. The molecule has 0 aromatic heterocycles. The lowest BCUT2D eigenvalue weighted by atomic mass is 9.92. The summed E-state index contributed by atoms with van der Waals surface area (Å²) in [4.78, 5) is 22.1. The van der Waals surface area contributed by atoms with E-state index < -0.39 is 37.5 Å². The third-order valence-corrected chi connectivity index (χ3v) is 0.964. The maximum atomic E-state index is 11.2. The first-order valence-electron chi connectivity index (χ1n) is 5.27. The molecule has 1 fully saturated rings. The topological polar surface area (TPSA) is 43.4 Å². The van der Waals surface area contributed by atoms with Crippen molar-refractivity contribution in [2.75, 3.05) is 0 Å². The lowest BCUT2D eigenvalue weighted by Gasteiger charge is -2.06. The van der Waals surface area contributed by atoms with Gasteiger partial charge in [0.15, 0.2) is 0 Å². The average Bonchev–Trinajstić information content (AvgIpc) is 2.23. The summed E-state index contributed by atoms with van der Waals surface area (Å²) in [5, 5.41) is 0. The number of rotatable bonds is 0. The molecule has 3 heteroatoms. The van der Waals surface area contributed by atoms with Crippen LogP contribution in [0.5, 0.6) is 0 Å². The second kappa shape index (κ2) is 1.56. The zero-order valence-electron chi connectivity index (χ0n) is 10.4. The molecule has 0 atom stereocenters. The lowest BCUT2D eigenvalue weighted by Crippen LogP contribution is -2.16. The van der Waals surface area contributed by atoms with Crippen molar-refractivity contribution in [3.63, 3.8) is 0 Å². The first-order chi connectivity index (χ1) is 6.52. The normalized spacial score (nSPS) is 36.9. The largest absolute Gasteiger partial charge is 0.393 e. The van der Waals surface area contributed by atoms with Gasteiger partial charge in [0.25, 0.3) is 0 Å². The van der Waals surface area contributed by atoms with Crippen molar-refractivity contribution in [3.8, 4) is 0 Å². The Morgan fingerprint density at radius 2 is 2.33 bits per heavy atom. The van der Waals surface area contributed by atoms with Crippen molar-refractivity contribution in [1.29, 1.82) is 0 Å². The van der Waals surface area contributed by atoms with Crippen LogP contribution < -0.4 is 0 Å². The van der Waals surface area contributed by atoms with Crippen LogP contribution >= 0.6 is 0 Å². The number of cyclic esters (lactones) is 2. The number of carbonyl (C=O) groups is 2. The summed E-state index contributed by atoms with van der Waals surface area (Å²) < 4.78 is 46.5. The smallest absolute Gasteiger partial charge is 0.319 e. The number of carbonyl (C=O) groups excluding carboxylic acids is 2. The molecule has 1 aliphatic rings. The van der Waals surface area contributed by atoms with Gasteiger partial charge in [-0.05, 0) is 13.7 Å². The summed E-state index contributed by atoms with van der Waals surface area (Å²) in [6.45, 7) is -6.19. The van der Waals surface area contributed by atoms with Crippen LogP contribution in [0, 0.1) is 5.41 Å². The van der Waals surface area contributed by atoms with Gasteiger partial charge in [0, 0.05) is 8.22 Å². The second-order valence-corrected chi connectivity index (χ2v) is 1.84. The van der Waals surface area contributed by atoms with Crippen LogP contribution in [0.15, 0.2) is 0 Å². The molecule has 0 N–H and O–H groups in total. The van der Waals surface area contributed by atoms with Crippen molar-refractivity contribution < 1.29 is 22.6 Å². The van der Waals surface area contributed by atoms with Gasteiger partial charge in [0.2, 0.25) is 0 Å². The van der Waals surface area contributed by atoms with Crippen LogP contribution in [0.4, 0.5) is 0 Å². The Bertz CT molecular complexity index is 300. The molecule has 0 saturated carbocycles. The fourth-order valence-electron chi connectivity index (χ4n) is 0.515. The molecular weight excluding hydrogens is 120 g/mol. The van der Waals surface area contributed by atoms with Crippen molar-refractivity contribution in [1.82, 2.24) is 0 Å². The van der Waals surface area contributed by atoms with Crippen molar-refractivity contribution in [2.24, 2.45) is 5.41 Å². The summed E-state index contributed by atoms with van der Waals surface area (Å²) >= 11 is 0. The molecule has 1 saturated heterocycles. The predicted octanol–water partition coefficient (Wildman–Crippen LogP) is 0.486. The van der Waals surface area contributed by atoms with Crippen LogP contribution in [-0.4, -0.2) is 11.9 Å². The Hall–Kier alpha value is -0.860.